The van der Waals surface area contributed by atoms with Gasteiger partial charge in [-0.2, -0.15) is 0 Å². The van der Waals surface area contributed by atoms with E-state index in [-0.39, 0.29) is 11.7 Å². The number of amides is 1. The number of halogens is 2. The minimum absolute atomic E-state index is 0.0635. The molecular weight excluding hydrogens is 325 g/mol. The van der Waals surface area contributed by atoms with Gasteiger partial charge in [-0.05, 0) is 35.9 Å². The zero-order chi connectivity index (χ0) is 14.3. The summed E-state index contributed by atoms with van der Waals surface area (Å²) in [6, 6.07) is 8.17. The van der Waals surface area contributed by atoms with E-state index in [1.807, 2.05) is 0 Å². The molecule has 4 N–H and O–H groups in total. The van der Waals surface area contributed by atoms with Gasteiger partial charge in [0.25, 0.3) is 0 Å². The van der Waals surface area contributed by atoms with E-state index < -0.39 is 0 Å². The van der Waals surface area contributed by atoms with Crippen LogP contribution in [-0.4, -0.2) is 5.91 Å². The van der Waals surface area contributed by atoms with Crippen molar-refractivity contribution in [1.29, 1.82) is 0 Å². The van der Waals surface area contributed by atoms with Crippen LogP contribution in [0.1, 0.15) is 5.56 Å². The molecule has 1 aliphatic rings. The normalized spacial score (nSPS) is 13.0. The van der Waals surface area contributed by atoms with Gasteiger partial charge in [-0.3, -0.25) is 4.79 Å². The number of nitrogens with one attached hydrogen (secondary N) is 2. The van der Waals surface area contributed by atoms with Crippen LogP contribution >= 0.6 is 15.9 Å². The number of rotatable bonds is 2. The standard InChI is InChI=1S/C14H11BrFN3O/c15-8-1-2-11(9(16)5-8)18-13-6-12-7(3-10(13)17)4-14(20)19-12/h1-3,5-6,18H,4,17H2,(H,19,20). The van der Waals surface area contributed by atoms with Crippen LogP contribution in [0.15, 0.2) is 34.8 Å². The number of fused-ring (bicyclic) bond motifs is 1. The number of carbonyl (C=O) groups is 1. The van der Waals surface area contributed by atoms with E-state index in [0.717, 1.165) is 5.56 Å². The lowest BCUT2D eigenvalue weighted by molar-refractivity contribution is -0.115. The molecule has 0 spiro atoms. The third kappa shape index (κ3) is 2.34. The van der Waals surface area contributed by atoms with Crippen molar-refractivity contribution in [2.24, 2.45) is 0 Å². The van der Waals surface area contributed by atoms with Crippen LogP contribution in [0.3, 0.4) is 0 Å². The van der Waals surface area contributed by atoms with Gasteiger partial charge in [0.1, 0.15) is 5.82 Å². The Morgan fingerprint density at radius 1 is 1.25 bits per heavy atom. The minimum Gasteiger partial charge on any atom is -0.397 e. The quantitative estimate of drug-likeness (QED) is 0.737. The Morgan fingerprint density at radius 3 is 2.80 bits per heavy atom. The molecule has 0 saturated carbocycles. The lowest BCUT2D eigenvalue weighted by atomic mass is 10.1. The molecule has 102 valence electrons. The fourth-order valence-corrected chi connectivity index (χ4v) is 2.47. The molecule has 20 heavy (non-hydrogen) atoms. The van der Waals surface area contributed by atoms with Gasteiger partial charge in [0.2, 0.25) is 5.91 Å². The second-order valence-electron chi connectivity index (χ2n) is 4.57. The van der Waals surface area contributed by atoms with Crippen LogP contribution in [0.5, 0.6) is 0 Å². The van der Waals surface area contributed by atoms with Crippen molar-refractivity contribution in [3.8, 4) is 0 Å². The number of nitrogens with two attached hydrogens (primary N) is 1. The second-order valence-corrected chi connectivity index (χ2v) is 5.49. The van der Waals surface area contributed by atoms with Crippen molar-refractivity contribution in [2.75, 3.05) is 16.4 Å². The zero-order valence-electron chi connectivity index (χ0n) is 10.3. The Morgan fingerprint density at radius 2 is 2.05 bits per heavy atom. The average Bonchev–Trinajstić information content (AvgIpc) is 2.72. The van der Waals surface area contributed by atoms with E-state index in [1.165, 1.54) is 6.07 Å². The first-order valence-electron chi connectivity index (χ1n) is 5.97. The maximum Gasteiger partial charge on any atom is 0.228 e. The van der Waals surface area contributed by atoms with Gasteiger partial charge < -0.3 is 16.4 Å². The topological polar surface area (TPSA) is 67.2 Å². The first-order chi connectivity index (χ1) is 9.52. The van der Waals surface area contributed by atoms with Crippen LogP contribution in [0, 0.1) is 5.82 Å². The summed E-state index contributed by atoms with van der Waals surface area (Å²) in [5.74, 6) is -0.449. The summed E-state index contributed by atoms with van der Waals surface area (Å²) < 4.78 is 14.5. The molecule has 3 rings (SSSR count). The van der Waals surface area contributed by atoms with E-state index in [1.54, 1.807) is 24.3 Å². The molecule has 1 amide bonds. The molecule has 2 aromatic carbocycles. The Bertz CT molecular complexity index is 718. The Balaban J connectivity index is 1.95. The molecule has 2 aromatic rings. The Hall–Kier alpha value is -2.08. The smallest absolute Gasteiger partial charge is 0.228 e. The Labute approximate surface area is 123 Å². The summed E-state index contributed by atoms with van der Waals surface area (Å²) in [6.45, 7) is 0. The van der Waals surface area contributed by atoms with Gasteiger partial charge in [0, 0.05) is 10.2 Å². The molecule has 0 unspecified atom stereocenters. The molecule has 0 aliphatic carbocycles. The molecule has 0 bridgehead atoms. The van der Waals surface area contributed by atoms with Crippen LogP contribution < -0.4 is 16.4 Å². The molecule has 0 saturated heterocycles. The monoisotopic (exact) mass is 335 g/mol. The first-order valence-corrected chi connectivity index (χ1v) is 6.76. The molecule has 0 fully saturated rings. The van der Waals surface area contributed by atoms with Gasteiger partial charge in [0.05, 0.1) is 23.5 Å². The van der Waals surface area contributed by atoms with Crippen LogP contribution in [-0.2, 0) is 11.2 Å². The van der Waals surface area contributed by atoms with Gasteiger partial charge in [0.15, 0.2) is 0 Å². The number of nitrogen functional groups attached to an aromatic ring is 1. The maximum absolute atomic E-state index is 13.8. The first kappa shape index (κ1) is 12.9. The van der Waals surface area contributed by atoms with Crippen molar-refractivity contribution in [3.63, 3.8) is 0 Å². The number of carbonyl (C=O) groups excluding carboxylic acids is 1. The van der Waals surface area contributed by atoms with Gasteiger partial charge in [-0.15, -0.1) is 0 Å². The highest BCUT2D eigenvalue weighted by atomic mass is 79.9. The average molecular weight is 336 g/mol. The molecule has 4 nitrogen and oxygen atoms in total. The molecular formula is C14H11BrFN3O. The van der Waals surface area contributed by atoms with Gasteiger partial charge in [-0.25, -0.2) is 4.39 Å². The van der Waals surface area contributed by atoms with E-state index >= 15 is 0 Å². The molecule has 0 radical (unpaired) electrons. The molecule has 1 aliphatic heterocycles. The van der Waals surface area contributed by atoms with Crippen molar-refractivity contribution in [3.05, 3.63) is 46.2 Å². The Kier molecular flexibility index (Phi) is 3.10. The van der Waals surface area contributed by atoms with Crippen molar-refractivity contribution < 1.29 is 9.18 Å². The van der Waals surface area contributed by atoms with Crippen LogP contribution in [0.4, 0.5) is 27.1 Å². The fourth-order valence-electron chi connectivity index (χ4n) is 2.14. The molecule has 1 heterocycles. The minimum atomic E-state index is -0.386. The van der Waals surface area contributed by atoms with Crippen molar-refractivity contribution in [2.45, 2.75) is 6.42 Å². The molecule has 0 aromatic heterocycles. The van der Waals surface area contributed by atoms with Crippen molar-refractivity contribution >= 4 is 44.6 Å². The van der Waals surface area contributed by atoms with E-state index in [0.29, 0.717) is 33.6 Å². The van der Waals surface area contributed by atoms with Crippen LogP contribution in [0.25, 0.3) is 0 Å². The second kappa shape index (κ2) is 4.79. The van der Waals surface area contributed by atoms with E-state index in [2.05, 4.69) is 26.6 Å². The lowest BCUT2D eigenvalue weighted by Crippen LogP contribution is -2.03. The predicted molar refractivity (Wildman–Crippen MR) is 80.6 cm³/mol. The number of hydrogen-bond donors (Lipinski definition) is 3. The zero-order valence-corrected chi connectivity index (χ0v) is 11.9. The predicted octanol–water partition coefficient (Wildman–Crippen LogP) is 3.41. The highest BCUT2D eigenvalue weighted by Crippen LogP contribution is 2.34. The third-order valence-corrected chi connectivity index (χ3v) is 3.59. The van der Waals surface area contributed by atoms with Crippen LogP contribution in [0.2, 0.25) is 0 Å². The van der Waals surface area contributed by atoms with E-state index in [4.69, 9.17) is 5.73 Å². The summed E-state index contributed by atoms with van der Waals surface area (Å²) >= 11 is 3.20. The van der Waals surface area contributed by atoms with Gasteiger partial charge >= 0.3 is 0 Å². The number of hydrogen-bond acceptors (Lipinski definition) is 3. The number of anilines is 4. The largest absolute Gasteiger partial charge is 0.397 e. The van der Waals surface area contributed by atoms with Crippen molar-refractivity contribution in [1.82, 2.24) is 0 Å². The summed E-state index contributed by atoms with van der Waals surface area (Å²) in [7, 11) is 0. The van der Waals surface area contributed by atoms with E-state index in [9.17, 15) is 9.18 Å². The number of benzene rings is 2. The van der Waals surface area contributed by atoms with Gasteiger partial charge in [-0.1, -0.05) is 15.9 Å². The molecule has 0 atom stereocenters. The summed E-state index contributed by atoms with van der Waals surface area (Å²) in [4.78, 5) is 11.3. The third-order valence-electron chi connectivity index (χ3n) is 3.10. The highest BCUT2D eigenvalue weighted by Gasteiger charge is 2.19. The summed E-state index contributed by atoms with van der Waals surface area (Å²) in [5.41, 5.74) is 8.86. The molecule has 6 heteroatoms. The summed E-state index contributed by atoms with van der Waals surface area (Å²) in [6.07, 6.45) is 0.326. The lowest BCUT2D eigenvalue weighted by Gasteiger charge is -2.12. The fraction of sp³-hybridized carbons (Fsp3) is 0.0714. The summed E-state index contributed by atoms with van der Waals surface area (Å²) in [5, 5.41) is 5.68. The maximum atomic E-state index is 13.8. The highest BCUT2D eigenvalue weighted by molar-refractivity contribution is 9.10. The SMILES string of the molecule is Nc1cc2c(cc1Nc1ccc(Br)cc1F)NC(=O)C2.